The molecule has 2 heterocycles. The fourth-order valence-electron chi connectivity index (χ4n) is 2.71. The zero-order valence-corrected chi connectivity index (χ0v) is 14.4. The first-order valence-electron chi connectivity index (χ1n) is 7.43. The molecule has 1 aromatic heterocycles. The normalized spacial score (nSPS) is 21.8. The zero-order valence-electron chi connectivity index (χ0n) is 13.6. The highest BCUT2D eigenvalue weighted by Crippen LogP contribution is 2.29. The highest BCUT2D eigenvalue weighted by Gasteiger charge is 2.40. The molecule has 124 valence electrons. The highest BCUT2D eigenvalue weighted by atomic mass is 32.2. The van der Waals surface area contributed by atoms with Crippen molar-refractivity contribution in [2.75, 3.05) is 18.1 Å². The molecule has 1 aliphatic heterocycles. The molecule has 7 nitrogen and oxygen atoms in total. The van der Waals surface area contributed by atoms with Gasteiger partial charge in [0.15, 0.2) is 9.84 Å². The molecule has 22 heavy (non-hydrogen) atoms. The van der Waals surface area contributed by atoms with Crippen LogP contribution in [0.25, 0.3) is 0 Å². The second-order valence-electron chi connectivity index (χ2n) is 6.97. The Kier molecular flexibility index (Phi) is 4.60. The van der Waals surface area contributed by atoms with Crippen molar-refractivity contribution in [3.05, 3.63) is 11.9 Å². The first-order chi connectivity index (χ1) is 10.1. The summed E-state index contributed by atoms with van der Waals surface area (Å²) in [6, 6.07) is -0.277. The summed E-state index contributed by atoms with van der Waals surface area (Å²) in [7, 11) is -1.28. The van der Waals surface area contributed by atoms with Crippen LogP contribution in [0.1, 0.15) is 32.9 Å². The van der Waals surface area contributed by atoms with E-state index in [2.05, 4.69) is 10.3 Å². The summed E-state index contributed by atoms with van der Waals surface area (Å²) < 4.78 is 25.4. The largest absolute Gasteiger partial charge is 0.337 e. The zero-order chi connectivity index (χ0) is 16.5. The number of rotatable bonds is 3. The van der Waals surface area contributed by atoms with Crippen molar-refractivity contribution >= 4 is 15.7 Å². The van der Waals surface area contributed by atoms with E-state index in [1.807, 2.05) is 20.8 Å². The van der Waals surface area contributed by atoms with Gasteiger partial charge in [-0.1, -0.05) is 26.0 Å². The Morgan fingerprint density at radius 2 is 2.09 bits per heavy atom. The van der Waals surface area contributed by atoms with Gasteiger partial charge in [-0.15, -0.1) is 5.10 Å². The van der Waals surface area contributed by atoms with Crippen molar-refractivity contribution in [2.45, 2.75) is 39.7 Å². The maximum absolute atomic E-state index is 12.5. The Hall–Kier alpha value is -1.44. The molecule has 2 rings (SSSR count). The Morgan fingerprint density at radius 1 is 1.41 bits per heavy atom. The predicted molar refractivity (Wildman–Crippen MR) is 82.9 cm³/mol. The number of aromatic nitrogens is 3. The van der Waals surface area contributed by atoms with E-state index in [1.54, 1.807) is 22.8 Å². The Morgan fingerprint density at radius 3 is 2.64 bits per heavy atom. The van der Waals surface area contributed by atoms with E-state index in [1.165, 1.54) is 0 Å². The van der Waals surface area contributed by atoms with E-state index in [-0.39, 0.29) is 35.4 Å². The van der Waals surface area contributed by atoms with Gasteiger partial charge in [0, 0.05) is 32.6 Å². The Bertz CT molecular complexity index is 645. The van der Waals surface area contributed by atoms with Crippen LogP contribution in [0, 0.1) is 5.41 Å². The van der Waals surface area contributed by atoms with Crippen molar-refractivity contribution in [1.82, 2.24) is 19.9 Å². The van der Waals surface area contributed by atoms with E-state index in [0.717, 1.165) is 5.69 Å². The minimum Gasteiger partial charge on any atom is -0.337 e. The molecule has 0 spiro atoms. The van der Waals surface area contributed by atoms with Crippen LogP contribution in [-0.4, -0.2) is 58.3 Å². The minimum atomic E-state index is -3.06. The molecule has 1 saturated heterocycles. The fraction of sp³-hybridized carbons (Fsp3) is 0.786. The molecule has 1 fully saturated rings. The van der Waals surface area contributed by atoms with Gasteiger partial charge in [-0.25, -0.2) is 8.42 Å². The van der Waals surface area contributed by atoms with Gasteiger partial charge in [0.05, 0.1) is 23.2 Å². The number of carbonyl (C=O) groups excluding carboxylic acids is 1. The number of aryl methyl sites for hydroxylation is 2. The predicted octanol–water partition coefficient (Wildman–Crippen LogP) is 0.419. The second-order valence-corrected chi connectivity index (χ2v) is 9.20. The number of hydrogen-bond donors (Lipinski definition) is 0. The lowest BCUT2D eigenvalue weighted by Gasteiger charge is -2.43. The summed E-state index contributed by atoms with van der Waals surface area (Å²) in [6.07, 6.45) is 2.63. The van der Waals surface area contributed by atoms with Crippen LogP contribution in [-0.2, 0) is 28.1 Å². The van der Waals surface area contributed by atoms with Crippen LogP contribution >= 0.6 is 0 Å². The number of carbonyl (C=O) groups is 1. The average molecular weight is 328 g/mol. The third-order valence-electron chi connectivity index (χ3n) is 4.00. The van der Waals surface area contributed by atoms with Gasteiger partial charge >= 0.3 is 0 Å². The second kappa shape index (κ2) is 5.98. The van der Waals surface area contributed by atoms with E-state index in [4.69, 9.17) is 0 Å². The molecule has 0 N–H and O–H groups in total. The van der Waals surface area contributed by atoms with E-state index >= 15 is 0 Å². The quantitative estimate of drug-likeness (QED) is 0.803. The summed E-state index contributed by atoms with van der Waals surface area (Å²) in [5, 5.41) is 7.81. The van der Waals surface area contributed by atoms with Gasteiger partial charge in [-0.2, -0.15) is 0 Å². The lowest BCUT2D eigenvalue weighted by atomic mass is 9.86. The Labute approximate surface area is 131 Å². The summed E-state index contributed by atoms with van der Waals surface area (Å²) in [5.41, 5.74) is 0.503. The number of hydrogen-bond acceptors (Lipinski definition) is 5. The summed E-state index contributed by atoms with van der Waals surface area (Å²) in [6.45, 7) is 6.20. The van der Waals surface area contributed by atoms with Crippen LogP contribution in [0.4, 0.5) is 0 Å². The number of sulfone groups is 1. The number of nitrogens with zero attached hydrogens (tertiary/aromatic N) is 4. The third kappa shape index (κ3) is 4.06. The van der Waals surface area contributed by atoms with Gasteiger partial charge in [0.1, 0.15) is 0 Å². The van der Waals surface area contributed by atoms with Gasteiger partial charge in [0.2, 0.25) is 5.91 Å². The molecule has 0 radical (unpaired) electrons. The van der Waals surface area contributed by atoms with Crippen molar-refractivity contribution in [3.8, 4) is 0 Å². The van der Waals surface area contributed by atoms with Gasteiger partial charge in [0.25, 0.3) is 0 Å². The molecule has 1 amide bonds. The van der Waals surface area contributed by atoms with Crippen LogP contribution in [0.5, 0.6) is 0 Å². The van der Waals surface area contributed by atoms with E-state index in [9.17, 15) is 13.2 Å². The first kappa shape index (κ1) is 16.9. The lowest BCUT2D eigenvalue weighted by Crippen LogP contribution is -2.56. The first-order valence-corrected chi connectivity index (χ1v) is 9.26. The van der Waals surface area contributed by atoms with E-state index in [0.29, 0.717) is 12.8 Å². The minimum absolute atomic E-state index is 0.0134. The topological polar surface area (TPSA) is 85.2 Å². The molecule has 1 aromatic rings. The fourth-order valence-corrected chi connectivity index (χ4v) is 4.51. The van der Waals surface area contributed by atoms with Gasteiger partial charge < -0.3 is 4.90 Å². The molecule has 1 atom stereocenters. The molecule has 0 bridgehead atoms. The molecule has 0 aliphatic carbocycles. The maximum atomic E-state index is 12.5. The highest BCUT2D eigenvalue weighted by molar-refractivity contribution is 7.91. The molecular formula is C14H24N4O3S. The summed E-state index contributed by atoms with van der Waals surface area (Å²) in [5.74, 6) is 0.0876. The third-order valence-corrected chi connectivity index (χ3v) is 5.62. The monoisotopic (exact) mass is 328 g/mol. The standard InChI is InChI=1S/C14H24N4O3S/c1-14(2,3)12-10-22(20,21)8-7-18(12)13(19)6-5-11-9-17(4)16-15-11/h9,12H,5-8,10H2,1-4H3. The SMILES string of the molecule is Cn1cc(CCC(=O)N2CCS(=O)(=O)CC2C(C)(C)C)nn1. The molecule has 1 unspecified atom stereocenters. The van der Waals surface area contributed by atoms with Gasteiger partial charge in [-0.3, -0.25) is 9.48 Å². The van der Waals surface area contributed by atoms with Gasteiger partial charge in [-0.05, 0) is 5.41 Å². The van der Waals surface area contributed by atoms with Crippen molar-refractivity contribution in [1.29, 1.82) is 0 Å². The van der Waals surface area contributed by atoms with Crippen molar-refractivity contribution in [2.24, 2.45) is 12.5 Å². The maximum Gasteiger partial charge on any atom is 0.223 e. The molecule has 0 aromatic carbocycles. The van der Waals surface area contributed by atoms with Crippen molar-refractivity contribution in [3.63, 3.8) is 0 Å². The molecule has 8 heteroatoms. The van der Waals surface area contributed by atoms with Crippen LogP contribution in [0.15, 0.2) is 6.20 Å². The molecule has 0 saturated carbocycles. The van der Waals surface area contributed by atoms with Crippen LogP contribution in [0.2, 0.25) is 0 Å². The number of amides is 1. The Balaban J connectivity index is 2.06. The van der Waals surface area contributed by atoms with Crippen molar-refractivity contribution < 1.29 is 13.2 Å². The summed E-state index contributed by atoms with van der Waals surface area (Å²) >= 11 is 0. The lowest BCUT2D eigenvalue weighted by molar-refractivity contribution is -0.135. The van der Waals surface area contributed by atoms with Crippen LogP contribution < -0.4 is 0 Å². The average Bonchev–Trinajstić information content (AvgIpc) is 2.80. The smallest absolute Gasteiger partial charge is 0.223 e. The molecule has 1 aliphatic rings. The van der Waals surface area contributed by atoms with E-state index < -0.39 is 9.84 Å². The van der Waals surface area contributed by atoms with Crippen LogP contribution in [0.3, 0.4) is 0 Å². The molecular weight excluding hydrogens is 304 g/mol. The summed E-state index contributed by atoms with van der Waals surface area (Å²) in [4.78, 5) is 14.3.